The molecule has 0 aromatic heterocycles. The number of aliphatic hydroxyl groups is 1. The van der Waals surface area contributed by atoms with Crippen LogP contribution in [0.5, 0.6) is 5.75 Å². The van der Waals surface area contributed by atoms with Crippen molar-refractivity contribution < 1.29 is 10.2 Å². The zero-order valence-electron chi connectivity index (χ0n) is 11.2. The number of benzene rings is 1. The zero-order valence-corrected chi connectivity index (χ0v) is 11.2. The Morgan fingerprint density at radius 1 is 1.39 bits per heavy atom. The minimum Gasteiger partial charge on any atom is -0.508 e. The summed E-state index contributed by atoms with van der Waals surface area (Å²) in [5, 5.41) is 22.5. The third kappa shape index (κ3) is 2.85. The maximum atomic E-state index is 9.53. The molecular weight excluding hydrogens is 226 g/mol. The fourth-order valence-corrected chi connectivity index (χ4v) is 2.69. The van der Waals surface area contributed by atoms with E-state index in [9.17, 15) is 10.2 Å². The van der Waals surface area contributed by atoms with E-state index in [0.717, 1.165) is 19.3 Å². The van der Waals surface area contributed by atoms with Crippen LogP contribution in [0.25, 0.3) is 0 Å². The first-order valence-electron chi connectivity index (χ1n) is 6.80. The second kappa shape index (κ2) is 5.72. The molecule has 18 heavy (non-hydrogen) atoms. The van der Waals surface area contributed by atoms with Gasteiger partial charge >= 0.3 is 0 Å². The van der Waals surface area contributed by atoms with Crippen molar-refractivity contribution >= 4 is 0 Å². The molecule has 0 bridgehead atoms. The van der Waals surface area contributed by atoms with E-state index in [-0.39, 0.29) is 12.6 Å². The van der Waals surface area contributed by atoms with Gasteiger partial charge in [-0.1, -0.05) is 19.9 Å². The normalized spacial score (nSPS) is 20.8. The maximum absolute atomic E-state index is 9.53. The van der Waals surface area contributed by atoms with E-state index < -0.39 is 0 Å². The summed E-state index contributed by atoms with van der Waals surface area (Å²) in [5.74, 6) is 0.759. The van der Waals surface area contributed by atoms with Gasteiger partial charge in [0.25, 0.3) is 0 Å². The number of aromatic hydroxyl groups is 1. The van der Waals surface area contributed by atoms with Crippen LogP contribution < -0.4 is 5.32 Å². The van der Waals surface area contributed by atoms with Crippen molar-refractivity contribution in [3.8, 4) is 5.75 Å². The zero-order chi connectivity index (χ0) is 13.1. The van der Waals surface area contributed by atoms with Crippen LogP contribution in [0.15, 0.2) is 18.2 Å². The number of aliphatic hydroxyl groups excluding tert-OH is 1. The van der Waals surface area contributed by atoms with Gasteiger partial charge in [0.15, 0.2) is 0 Å². The molecule has 0 heterocycles. The molecule has 2 rings (SSSR count). The first-order chi connectivity index (χ1) is 8.61. The largest absolute Gasteiger partial charge is 0.508 e. The summed E-state index contributed by atoms with van der Waals surface area (Å²) in [6.07, 6.45) is 3.26. The van der Waals surface area contributed by atoms with Crippen molar-refractivity contribution in [2.24, 2.45) is 5.92 Å². The summed E-state index contributed by atoms with van der Waals surface area (Å²) in [4.78, 5) is 0. The number of hydrogen-bond donors (Lipinski definition) is 3. The molecule has 2 atom stereocenters. The number of rotatable bonds is 4. The van der Waals surface area contributed by atoms with E-state index in [1.54, 1.807) is 6.07 Å². The molecule has 0 spiro atoms. The van der Waals surface area contributed by atoms with Crippen LogP contribution >= 0.6 is 0 Å². The lowest BCUT2D eigenvalue weighted by Gasteiger charge is -2.31. The lowest BCUT2D eigenvalue weighted by Crippen LogP contribution is -2.40. The molecule has 1 aliphatic carbocycles. The predicted octanol–water partition coefficient (Wildman–Crippen LogP) is 2.38. The smallest absolute Gasteiger partial charge is 0.115 e. The summed E-state index contributed by atoms with van der Waals surface area (Å²) in [6.45, 7) is 4.41. The van der Waals surface area contributed by atoms with Gasteiger partial charge in [-0.25, -0.2) is 0 Å². The molecule has 100 valence electrons. The van der Waals surface area contributed by atoms with Crippen molar-refractivity contribution in [3.05, 3.63) is 29.3 Å². The minimum atomic E-state index is 0.134. The highest BCUT2D eigenvalue weighted by Crippen LogP contribution is 2.32. The van der Waals surface area contributed by atoms with Crippen molar-refractivity contribution in [1.82, 2.24) is 5.32 Å². The van der Waals surface area contributed by atoms with E-state index in [1.165, 1.54) is 11.1 Å². The molecule has 3 heteroatoms. The average molecular weight is 249 g/mol. The lowest BCUT2D eigenvalue weighted by atomic mass is 9.86. The van der Waals surface area contributed by atoms with Crippen molar-refractivity contribution in [2.75, 3.05) is 6.61 Å². The van der Waals surface area contributed by atoms with Gasteiger partial charge in [-0.3, -0.25) is 0 Å². The SMILES string of the molecule is CC(C)C(CO)NC1CCCc2cc(O)ccc21. The summed E-state index contributed by atoms with van der Waals surface area (Å²) >= 11 is 0. The molecule has 0 saturated carbocycles. The molecule has 1 aromatic carbocycles. The molecule has 0 amide bonds. The molecule has 0 radical (unpaired) electrons. The Bertz CT molecular complexity index is 403. The van der Waals surface area contributed by atoms with Gasteiger partial charge < -0.3 is 15.5 Å². The molecule has 3 nitrogen and oxygen atoms in total. The second-order valence-corrected chi connectivity index (χ2v) is 5.53. The third-order valence-electron chi connectivity index (χ3n) is 3.86. The Kier molecular flexibility index (Phi) is 4.25. The first-order valence-corrected chi connectivity index (χ1v) is 6.80. The molecule has 1 aliphatic rings. The molecule has 2 unspecified atom stereocenters. The van der Waals surface area contributed by atoms with Crippen molar-refractivity contribution in [3.63, 3.8) is 0 Å². The molecule has 0 fully saturated rings. The van der Waals surface area contributed by atoms with Gasteiger partial charge in [0.2, 0.25) is 0 Å². The van der Waals surface area contributed by atoms with Gasteiger partial charge in [-0.2, -0.15) is 0 Å². The average Bonchev–Trinajstić information content (AvgIpc) is 2.35. The highest BCUT2D eigenvalue weighted by molar-refractivity contribution is 5.38. The highest BCUT2D eigenvalue weighted by Gasteiger charge is 2.23. The van der Waals surface area contributed by atoms with Gasteiger partial charge in [-0.05, 0) is 48.4 Å². The van der Waals surface area contributed by atoms with Gasteiger partial charge in [0, 0.05) is 12.1 Å². The summed E-state index contributed by atoms with van der Waals surface area (Å²) in [7, 11) is 0. The minimum absolute atomic E-state index is 0.134. The van der Waals surface area contributed by atoms with Crippen LogP contribution in [0, 0.1) is 5.92 Å². The quantitative estimate of drug-likeness (QED) is 0.768. The van der Waals surface area contributed by atoms with Crippen molar-refractivity contribution in [2.45, 2.75) is 45.2 Å². The van der Waals surface area contributed by atoms with E-state index >= 15 is 0 Å². The fraction of sp³-hybridized carbons (Fsp3) is 0.600. The number of aryl methyl sites for hydroxylation is 1. The van der Waals surface area contributed by atoms with E-state index in [0.29, 0.717) is 17.7 Å². The Labute approximate surface area is 109 Å². The third-order valence-corrected chi connectivity index (χ3v) is 3.86. The van der Waals surface area contributed by atoms with Crippen LogP contribution in [-0.2, 0) is 6.42 Å². The second-order valence-electron chi connectivity index (χ2n) is 5.53. The molecule has 1 aromatic rings. The fourth-order valence-electron chi connectivity index (χ4n) is 2.69. The molecule has 0 aliphatic heterocycles. The van der Waals surface area contributed by atoms with Gasteiger partial charge in [0.05, 0.1) is 6.61 Å². The van der Waals surface area contributed by atoms with Crippen molar-refractivity contribution in [1.29, 1.82) is 0 Å². The lowest BCUT2D eigenvalue weighted by molar-refractivity contribution is 0.194. The summed E-state index contributed by atoms with van der Waals surface area (Å²) < 4.78 is 0. The number of nitrogens with one attached hydrogen (secondary N) is 1. The van der Waals surface area contributed by atoms with E-state index in [4.69, 9.17) is 0 Å². The topological polar surface area (TPSA) is 52.5 Å². The predicted molar refractivity (Wildman–Crippen MR) is 72.6 cm³/mol. The Balaban J connectivity index is 2.17. The number of phenolic OH excluding ortho intramolecular Hbond substituents is 1. The Morgan fingerprint density at radius 2 is 2.17 bits per heavy atom. The van der Waals surface area contributed by atoms with Crippen LogP contribution in [0.1, 0.15) is 43.9 Å². The molecule has 3 N–H and O–H groups in total. The van der Waals surface area contributed by atoms with Crippen LogP contribution in [0.2, 0.25) is 0 Å². The summed E-state index contributed by atoms with van der Waals surface area (Å²) in [6, 6.07) is 6.06. The van der Waals surface area contributed by atoms with Gasteiger partial charge in [-0.15, -0.1) is 0 Å². The van der Waals surface area contributed by atoms with Crippen LogP contribution in [0.4, 0.5) is 0 Å². The monoisotopic (exact) mass is 249 g/mol. The Morgan fingerprint density at radius 3 is 2.83 bits per heavy atom. The maximum Gasteiger partial charge on any atom is 0.115 e. The first kappa shape index (κ1) is 13.4. The van der Waals surface area contributed by atoms with Gasteiger partial charge in [0.1, 0.15) is 5.75 Å². The van der Waals surface area contributed by atoms with Crippen LogP contribution in [-0.4, -0.2) is 22.9 Å². The highest BCUT2D eigenvalue weighted by atomic mass is 16.3. The van der Waals surface area contributed by atoms with Crippen LogP contribution in [0.3, 0.4) is 0 Å². The standard InChI is InChI=1S/C15H23NO2/c1-10(2)15(9-17)16-14-5-3-4-11-8-12(18)6-7-13(11)14/h6-8,10,14-18H,3-5,9H2,1-2H3. The van der Waals surface area contributed by atoms with E-state index in [2.05, 4.69) is 19.2 Å². The Hall–Kier alpha value is -1.06. The molecular formula is C15H23NO2. The summed E-state index contributed by atoms with van der Waals surface area (Å²) in [5.41, 5.74) is 2.51. The molecule has 0 saturated heterocycles. The number of phenols is 1. The number of fused-ring (bicyclic) bond motifs is 1. The van der Waals surface area contributed by atoms with E-state index in [1.807, 2.05) is 12.1 Å². The number of hydrogen-bond acceptors (Lipinski definition) is 3.